The molecule has 0 amide bonds. The minimum absolute atomic E-state index is 0.639. The molecule has 2 aliphatic rings. The van der Waals surface area contributed by atoms with E-state index in [1.807, 2.05) is 12.3 Å². The van der Waals surface area contributed by atoms with E-state index in [9.17, 15) is 0 Å². The van der Waals surface area contributed by atoms with Gasteiger partial charge in [0, 0.05) is 30.9 Å². The topological polar surface area (TPSA) is 28.2 Å². The van der Waals surface area contributed by atoms with Crippen LogP contribution in [-0.4, -0.2) is 29.7 Å². The predicted octanol–water partition coefficient (Wildman–Crippen LogP) is 2.95. The molecule has 2 atom stereocenters. The lowest BCUT2D eigenvalue weighted by Gasteiger charge is -2.38. The van der Waals surface area contributed by atoms with Gasteiger partial charge in [-0.05, 0) is 60.7 Å². The molecular formula is C14H20BrN3. The lowest BCUT2D eigenvalue weighted by Crippen LogP contribution is -2.48. The first kappa shape index (κ1) is 12.4. The summed E-state index contributed by atoms with van der Waals surface area (Å²) in [7, 11) is 0. The Bertz CT molecular complexity index is 411. The molecule has 0 radical (unpaired) electrons. The molecule has 18 heavy (non-hydrogen) atoms. The van der Waals surface area contributed by atoms with Crippen LogP contribution in [0.2, 0.25) is 0 Å². The second kappa shape index (κ2) is 5.17. The summed E-state index contributed by atoms with van der Waals surface area (Å²) in [6.45, 7) is 3.25. The van der Waals surface area contributed by atoms with E-state index in [0.29, 0.717) is 6.04 Å². The molecule has 1 N–H and O–H groups in total. The lowest BCUT2D eigenvalue weighted by molar-refractivity contribution is 0.348. The molecule has 2 bridgehead atoms. The molecular weight excluding hydrogens is 290 g/mol. The first-order valence-electron chi connectivity index (χ1n) is 6.91. The lowest BCUT2D eigenvalue weighted by atomic mass is 9.98. The second-order valence-corrected chi connectivity index (χ2v) is 6.21. The highest BCUT2D eigenvalue weighted by molar-refractivity contribution is 9.10. The first-order chi connectivity index (χ1) is 8.78. The van der Waals surface area contributed by atoms with Gasteiger partial charge >= 0.3 is 0 Å². The third-order valence-electron chi connectivity index (χ3n) is 4.24. The quantitative estimate of drug-likeness (QED) is 0.930. The number of anilines is 1. The maximum absolute atomic E-state index is 4.55. The van der Waals surface area contributed by atoms with Gasteiger partial charge in [-0.25, -0.2) is 4.98 Å². The van der Waals surface area contributed by atoms with E-state index in [0.717, 1.165) is 28.9 Å². The van der Waals surface area contributed by atoms with E-state index in [1.165, 1.54) is 25.7 Å². The van der Waals surface area contributed by atoms with Gasteiger partial charge in [-0.15, -0.1) is 0 Å². The third kappa shape index (κ3) is 2.28. The van der Waals surface area contributed by atoms with Gasteiger partial charge in [-0.2, -0.15) is 0 Å². The van der Waals surface area contributed by atoms with E-state index in [1.54, 1.807) is 0 Å². The van der Waals surface area contributed by atoms with Crippen molar-refractivity contribution < 1.29 is 0 Å². The molecule has 98 valence electrons. The highest BCUT2D eigenvalue weighted by Gasteiger charge is 2.36. The van der Waals surface area contributed by atoms with Crippen LogP contribution < -0.4 is 10.2 Å². The maximum Gasteiger partial charge on any atom is 0.143 e. The van der Waals surface area contributed by atoms with E-state index >= 15 is 0 Å². The highest BCUT2D eigenvalue weighted by Crippen LogP contribution is 2.33. The number of nitrogens with one attached hydrogen (secondary N) is 1. The molecule has 0 spiro atoms. The van der Waals surface area contributed by atoms with Crippen molar-refractivity contribution in [3.63, 3.8) is 0 Å². The van der Waals surface area contributed by atoms with Crippen LogP contribution in [0.3, 0.4) is 0 Å². The van der Waals surface area contributed by atoms with Crippen molar-refractivity contribution in [3.8, 4) is 0 Å². The van der Waals surface area contributed by atoms with Gasteiger partial charge in [0.05, 0.1) is 4.47 Å². The summed E-state index contributed by atoms with van der Waals surface area (Å²) in [6.07, 6.45) is 7.10. The van der Waals surface area contributed by atoms with Gasteiger partial charge in [0.25, 0.3) is 0 Å². The molecule has 2 saturated heterocycles. The van der Waals surface area contributed by atoms with Crippen molar-refractivity contribution in [1.82, 2.24) is 10.3 Å². The summed E-state index contributed by atoms with van der Waals surface area (Å²) in [5.41, 5.74) is 0. The van der Waals surface area contributed by atoms with E-state index in [2.05, 4.69) is 44.1 Å². The molecule has 2 unspecified atom stereocenters. The smallest absolute Gasteiger partial charge is 0.143 e. The Hall–Kier alpha value is -0.610. The maximum atomic E-state index is 4.55. The zero-order valence-corrected chi connectivity index (χ0v) is 12.4. The minimum Gasteiger partial charge on any atom is -0.353 e. The minimum atomic E-state index is 0.639. The van der Waals surface area contributed by atoms with E-state index in [-0.39, 0.29) is 0 Å². The summed E-state index contributed by atoms with van der Waals surface area (Å²) in [4.78, 5) is 7.02. The summed E-state index contributed by atoms with van der Waals surface area (Å²) >= 11 is 3.63. The largest absolute Gasteiger partial charge is 0.353 e. The average Bonchev–Trinajstić information content (AvgIpc) is 2.72. The third-order valence-corrected chi connectivity index (χ3v) is 4.86. The van der Waals surface area contributed by atoms with Crippen LogP contribution in [0.4, 0.5) is 5.82 Å². The summed E-state index contributed by atoms with van der Waals surface area (Å²) in [5.74, 6) is 1.10. The summed E-state index contributed by atoms with van der Waals surface area (Å²) < 4.78 is 1.11. The van der Waals surface area contributed by atoms with Crippen LogP contribution in [0.15, 0.2) is 22.8 Å². The fourth-order valence-electron chi connectivity index (χ4n) is 3.45. The zero-order chi connectivity index (χ0) is 12.5. The Balaban J connectivity index is 1.82. The molecule has 2 fully saturated rings. The number of piperidine rings is 1. The Kier molecular flexibility index (Phi) is 3.57. The Morgan fingerprint density at radius 2 is 2.11 bits per heavy atom. The molecule has 0 aromatic carbocycles. The Labute approximate surface area is 117 Å². The number of fused-ring (bicyclic) bond motifs is 2. The van der Waals surface area contributed by atoms with Crippen molar-refractivity contribution in [3.05, 3.63) is 22.8 Å². The van der Waals surface area contributed by atoms with Crippen molar-refractivity contribution in [2.75, 3.05) is 11.4 Å². The van der Waals surface area contributed by atoms with E-state index < -0.39 is 0 Å². The Morgan fingerprint density at radius 3 is 2.72 bits per heavy atom. The molecule has 0 saturated carbocycles. The standard InChI is InChI=1S/C14H20BrN3/c1-2-18(14-13(15)4-3-7-16-14)12-8-10-5-6-11(9-12)17-10/h3-4,7,10-12,17H,2,5-6,8-9H2,1H3. The van der Waals surface area contributed by atoms with Crippen molar-refractivity contribution in [2.45, 2.75) is 50.7 Å². The van der Waals surface area contributed by atoms with Gasteiger partial charge in [0.2, 0.25) is 0 Å². The van der Waals surface area contributed by atoms with Crippen LogP contribution in [0.1, 0.15) is 32.6 Å². The number of halogens is 1. The average molecular weight is 310 g/mol. The number of aromatic nitrogens is 1. The van der Waals surface area contributed by atoms with Gasteiger partial charge in [-0.3, -0.25) is 0 Å². The van der Waals surface area contributed by atoms with Crippen LogP contribution in [-0.2, 0) is 0 Å². The monoisotopic (exact) mass is 309 g/mol. The number of nitrogens with zero attached hydrogens (tertiary/aromatic N) is 2. The van der Waals surface area contributed by atoms with Gasteiger partial charge in [0.1, 0.15) is 5.82 Å². The van der Waals surface area contributed by atoms with Crippen LogP contribution in [0, 0.1) is 0 Å². The first-order valence-corrected chi connectivity index (χ1v) is 7.70. The van der Waals surface area contributed by atoms with Gasteiger partial charge in [-0.1, -0.05) is 0 Å². The SMILES string of the molecule is CCN(c1ncccc1Br)C1CC2CCC(C1)N2. The van der Waals surface area contributed by atoms with Gasteiger partial charge < -0.3 is 10.2 Å². The fraction of sp³-hybridized carbons (Fsp3) is 0.643. The second-order valence-electron chi connectivity index (χ2n) is 5.36. The Morgan fingerprint density at radius 1 is 1.39 bits per heavy atom. The summed E-state index contributed by atoms with van der Waals surface area (Å²) in [6, 6.07) is 6.16. The highest BCUT2D eigenvalue weighted by atomic mass is 79.9. The fourth-order valence-corrected chi connectivity index (χ4v) is 3.93. The van der Waals surface area contributed by atoms with Crippen molar-refractivity contribution in [2.24, 2.45) is 0 Å². The molecule has 0 aliphatic carbocycles. The molecule has 2 aliphatic heterocycles. The number of rotatable bonds is 3. The van der Waals surface area contributed by atoms with Crippen molar-refractivity contribution >= 4 is 21.7 Å². The predicted molar refractivity (Wildman–Crippen MR) is 77.9 cm³/mol. The number of pyridine rings is 1. The van der Waals surface area contributed by atoms with Crippen LogP contribution in [0.25, 0.3) is 0 Å². The van der Waals surface area contributed by atoms with Crippen molar-refractivity contribution in [1.29, 1.82) is 0 Å². The number of hydrogen-bond donors (Lipinski definition) is 1. The molecule has 3 heterocycles. The normalized spacial score (nSPS) is 30.4. The van der Waals surface area contributed by atoms with Gasteiger partial charge in [0.15, 0.2) is 0 Å². The molecule has 3 nitrogen and oxygen atoms in total. The van der Waals surface area contributed by atoms with Crippen LogP contribution in [0.5, 0.6) is 0 Å². The molecule has 1 aromatic heterocycles. The van der Waals surface area contributed by atoms with Crippen LogP contribution >= 0.6 is 15.9 Å². The van der Waals surface area contributed by atoms with E-state index in [4.69, 9.17) is 0 Å². The zero-order valence-electron chi connectivity index (χ0n) is 10.8. The molecule has 4 heteroatoms. The number of hydrogen-bond acceptors (Lipinski definition) is 3. The summed E-state index contributed by atoms with van der Waals surface area (Å²) in [5, 5.41) is 3.71. The molecule has 1 aromatic rings. The molecule has 3 rings (SSSR count).